The van der Waals surface area contributed by atoms with Crippen LogP contribution < -0.4 is 8.86 Å². The smallest absolute Gasteiger partial charge is 0.297 e. The molecule has 0 N–H and O–H groups in total. The van der Waals surface area contributed by atoms with Gasteiger partial charge in [-0.3, -0.25) is 4.90 Å². The minimum absolute atomic E-state index is 0.954. The average Bonchev–Trinajstić information content (AvgIpc) is 3.15. The predicted molar refractivity (Wildman–Crippen MR) is 108 cm³/mol. The maximum Gasteiger partial charge on any atom is 0.350 e. The van der Waals surface area contributed by atoms with E-state index in [-0.39, 0.29) is 0 Å². The van der Waals surface area contributed by atoms with E-state index in [2.05, 4.69) is 83.5 Å². The number of nitrogens with zero attached hydrogens (tertiary/aromatic N) is 3. The fraction of sp³-hybridized carbons (Fsp3) is 0.0909. The summed E-state index contributed by atoms with van der Waals surface area (Å²) in [5.41, 5.74) is 4.60. The Morgan fingerprint density at radius 2 is 1.42 bits per heavy atom. The van der Waals surface area contributed by atoms with Crippen LogP contribution >= 0.6 is 11.5 Å². The molecule has 0 unspecified atom stereocenters. The van der Waals surface area contributed by atoms with E-state index in [1.165, 1.54) is 5.56 Å². The van der Waals surface area contributed by atoms with Crippen LogP contribution in [0.2, 0.25) is 0 Å². The Bertz CT molecular complexity index is 993. The lowest BCUT2D eigenvalue weighted by molar-refractivity contribution is -0.509. The molecule has 1 aromatic heterocycles. The third-order valence-electron chi connectivity index (χ3n) is 4.30. The summed E-state index contributed by atoms with van der Waals surface area (Å²) in [6, 6.07) is 29.2. The summed E-state index contributed by atoms with van der Waals surface area (Å²) in [6.07, 6.45) is 0. The van der Waals surface area contributed by atoms with Crippen molar-refractivity contribution in [2.24, 2.45) is 0 Å². The Hall–Kier alpha value is -2.98. The second-order valence-corrected chi connectivity index (χ2v) is 7.11. The van der Waals surface area contributed by atoms with Crippen molar-refractivity contribution in [2.75, 3.05) is 11.9 Å². The fourth-order valence-electron chi connectivity index (χ4n) is 2.80. The minimum Gasteiger partial charge on any atom is -0.297 e. The van der Waals surface area contributed by atoms with Crippen LogP contribution in [0.25, 0.3) is 17.1 Å². The first-order valence-corrected chi connectivity index (χ1v) is 9.34. The minimum atomic E-state index is 0.954. The predicted octanol–water partition coefficient (Wildman–Crippen LogP) is 5.16. The maximum absolute atomic E-state index is 4.97. The highest BCUT2D eigenvalue weighted by Crippen LogP contribution is 2.28. The van der Waals surface area contributed by atoms with Gasteiger partial charge >= 0.3 is 11.0 Å². The van der Waals surface area contributed by atoms with E-state index in [1.54, 1.807) is 11.5 Å². The van der Waals surface area contributed by atoms with Crippen LogP contribution in [-0.4, -0.2) is 12.0 Å². The average molecular weight is 358 g/mol. The highest BCUT2D eigenvalue weighted by molar-refractivity contribution is 7.06. The highest BCUT2D eigenvalue weighted by Gasteiger charge is 2.26. The van der Waals surface area contributed by atoms with Crippen molar-refractivity contribution in [1.29, 1.82) is 0 Å². The largest absolute Gasteiger partial charge is 0.350 e. The molecule has 0 bridgehead atoms. The quantitative estimate of drug-likeness (QED) is 0.469. The second kappa shape index (κ2) is 7.10. The highest BCUT2D eigenvalue weighted by atomic mass is 32.1. The van der Waals surface area contributed by atoms with Crippen molar-refractivity contribution in [3.8, 4) is 17.1 Å². The number of para-hydroxylation sites is 2. The summed E-state index contributed by atoms with van der Waals surface area (Å²) >= 11 is 1.65. The standard InChI is InChI=1S/C22H20N3S/c1-17-13-15-18(16-14-17)21-23-22(24(2)19-9-5-3-6-10-19)26-25(21)20-11-7-4-8-12-20/h3-16H,1-2H3/q+1. The Labute approximate surface area is 158 Å². The maximum atomic E-state index is 4.97. The molecule has 0 saturated heterocycles. The van der Waals surface area contributed by atoms with Gasteiger partial charge in [0.2, 0.25) is 0 Å². The van der Waals surface area contributed by atoms with Gasteiger partial charge in [-0.25, -0.2) is 0 Å². The Balaban J connectivity index is 1.84. The van der Waals surface area contributed by atoms with E-state index in [4.69, 9.17) is 4.98 Å². The van der Waals surface area contributed by atoms with Gasteiger partial charge < -0.3 is 0 Å². The van der Waals surface area contributed by atoms with Crippen LogP contribution in [-0.2, 0) is 0 Å². The van der Waals surface area contributed by atoms with Crippen LogP contribution in [0.15, 0.2) is 84.9 Å². The number of hydrogen-bond acceptors (Lipinski definition) is 3. The number of aryl methyl sites for hydroxylation is 1. The lowest BCUT2D eigenvalue weighted by Crippen LogP contribution is -2.27. The van der Waals surface area contributed by atoms with E-state index in [0.717, 1.165) is 27.9 Å². The molecule has 4 aromatic rings. The van der Waals surface area contributed by atoms with Gasteiger partial charge in [-0.15, -0.1) is 3.96 Å². The Morgan fingerprint density at radius 3 is 2.08 bits per heavy atom. The lowest BCUT2D eigenvalue weighted by atomic mass is 10.1. The van der Waals surface area contributed by atoms with Crippen molar-refractivity contribution in [3.05, 3.63) is 90.5 Å². The lowest BCUT2D eigenvalue weighted by Gasteiger charge is -2.11. The molecule has 26 heavy (non-hydrogen) atoms. The van der Waals surface area contributed by atoms with Gasteiger partial charge in [0, 0.05) is 12.7 Å². The van der Waals surface area contributed by atoms with Gasteiger partial charge in [0.1, 0.15) is 17.2 Å². The molecule has 0 radical (unpaired) electrons. The van der Waals surface area contributed by atoms with Crippen LogP contribution in [0.3, 0.4) is 0 Å². The van der Waals surface area contributed by atoms with Crippen LogP contribution in [0, 0.1) is 6.92 Å². The van der Waals surface area contributed by atoms with E-state index >= 15 is 0 Å². The molecule has 128 valence electrons. The summed E-state index contributed by atoms with van der Waals surface area (Å²) in [5, 5.41) is 0.954. The molecule has 0 atom stereocenters. The molecule has 0 spiro atoms. The second-order valence-electron chi connectivity index (χ2n) is 6.20. The normalized spacial score (nSPS) is 10.7. The number of hydrogen-bond donors (Lipinski definition) is 0. The summed E-state index contributed by atoms with van der Waals surface area (Å²) in [5.74, 6) is 0.957. The molecule has 1 heterocycles. The third-order valence-corrected chi connectivity index (χ3v) is 5.39. The van der Waals surface area contributed by atoms with Gasteiger partial charge in [-0.1, -0.05) is 54.1 Å². The molecule has 0 amide bonds. The molecule has 0 saturated carbocycles. The molecule has 0 aliphatic heterocycles. The van der Waals surface area contributed by atoms with E-state index in [0.29, 0.717) is 0 Å². The van der Waals surface area contributed by atoms with E-state index < -0.39 is 0 Å². The topological polar surface area (TPSA) is 20.0 Å². The zero-order chi connectivity index (χ0) is 17.9. The van der Waals surface area contributed by atoms with E-state index in [1.807, 2.05) is 24.3 Å². The third kappa shape index (κ3) is 3.24. The van der Waals surface area contributed by atoms with Crippen LogP contribution in [0.4, 0.5) is 10.8 Å². The first-order valence-electron chi connectivity index (χ1n) is 8.57. The molecular weight excluding hydrogens is 338 g/mol. The van der Waals surface area contributed by atoms with Crippen molar-refractivity contribution in [3.63, 3.8) is 0 Å². The summed E-state index contributed by atoms with van der Waals surface area (Å²) in [7, 11) is 2.06. The molecular formula is C22H20N3S+. The molecule has 0 fully saturated rings. The van der Waals surface area contributed by atoms with Crippen molar-refractivity contribution >= 4 is 22.4 Å². The van der Waals surface area contributed by atoms with Gasteiger partial charge in [0.15, 0.2) is 0 Å². The molecule has 4 heteroatoms. The van der Waals surface area contributed by atoms with Gasteiger partial charge in [0.25, 0.3) is 0 Å². The monoisotopic (exact) mass is 358 g/mol. The number of rotatable bonds is 4. The molecule has 4 rings (SSSR count). The van der Waals surface area contributed by atoms with Crippen LogP contribution in [0.1, 0.15) is 5.56 Å². The number of benzene rings is 3. The fourth-order valence-corrected chi connectivity index (χ4v) is 3.78. The first kappa shape index (κ1) is 16.5. The molecule has 0 aliphatic carbocycles. The Morgan fingerprint density at radius 1 is 0.808 bits per heavy atom. The number of anilines is 2. The van der Waals surface area contributed by atoms with Crippen molar-refractivity contribution < 1.29 is 3.96 Å². The van der Waals surface area contributed by atoms with Crippen molar-refractivity contribution in [2.45, 2.75) is 6.92 Å². The zero-order valence-corrected chi connectivity index (χ0v) is 15.6. The molecule has 3 aromatic carbocycles. The van der Waals surface area contributed by atoms with Gasteiger partial charge in [0.05, 0.1) is 5.56 Å². The van der Waals surface area contributed by atoms with Crippen LogP contribution in [0.5, 0.6) is 0 Å². The van der Waals surface area contributed by atoms with Gasteiger partial charge in [-0.2, -0.15) is 0 Å². The molecule has 0 aliphatic rings. The summed E-state index contributed by atoms with van der Waals surface area (Å²) in [6.45, 7) is 2.10. The van der Waals surface area contributed by atoms with Crippen molar-refractivity contribution in [1.82, 2.24) is 4.98 Å². The summed E-state index contributed by atoms with van der Waals surface area (Å²) in [4.78, 5) is 7.10. The first-order chi connectivity index (χ1) is 12.7. The van der Waals surface area contributed by atoms with Gasteiger partial charge in [-0.05, 0) is 48.3 Å². The Kier molecular flexibility index (Phi) is 4.50. The molecule has 3 nitrogen and oxygen atoms in total. The van der Waals surface area contributed by atoms with E-state index in [9.17, 15) is 0 Å². The zero-order valence-electron chi connectivity index (χ0n) is 14.8. The number of aromatic nitrogens is 2. The SMILES string of the molecule is Cc1ccc(-c2nc(N(C)c3ccccc3)s[n+]2-c2ccccc2)cc1. The summed E-state index contributed by atoms with van der Waals surface area (Å²) < 4.78 is 2.19.